The molecule has 0 amide bonds. The lowest BCUT2D eigenvalue weighted by atomic mass is 9.88. The van der Waals surface area contributed by atoms with E-state index in [1.54, 1.807) is 11.3 Å². The first-order chi connectivity index (χ1) is 7.62. The molecule has 2 rings (SSSR count). The second-order valence-corrected chi connectivity index (χ2v) is 5.78. The van der Waals surface area contributed by atoms with Crippen LogP contribution in [0.1, 0.15) is 37.4 Å². The Balaban J connectivity index is 2.25. The van der Waals surface area contributed by atoms with E-state index < -0.39 is 0 Å². The fourth-order valence-corrected chi connectivity index (χ4v) is 3.42. The first-order valence-corrected chi connectivity index (χ1v) is 6.91. The predicted molar refractivity (Wildman–Crippen MR) is 68.9 cm³/mol. The van der Waals surface area contributed by atoms with E-state index in [9.17, 15) is 0 Å². The molecule has 1 saturated heterocycles. The Morgan fingerprint density at radius 2 is 2.12 bits per heavy atom. The minimum atomic E-state index is 0.109. The lowest BCUT2D eigenvalue weighted by Gasteiger charge is -2.38. The molecule has 1 aromatic rings. The van der Waals surface area contributed by atoms with Crippen molar-refractivity contribution in [1.82, 2.24) is 15.6 Å². The SMILES string of the molecule is Cc1csc(C2(NC(C)C)CCNCC2)n1. The average molecular weight is 239 g/mol. The molecular formula is C12H21N3S. The van der Waals surface area contributed by atoms with E-state index in [1.165, 1.54) is 5.01 Å². The zero-order chi connectivity index (χ0) is 11.6. The molecule has 1 fully saturated rings. The molecule has 0 spiro atoms. The van der Waals surface area contributed by atoms with Gasteiger partial charge in [-0.05, 0) is 46.7 Å². The second kappa shape index (κ2) is 4.82. The molecule has 90 valence electrons. The van der Waals surface area contributed by atoms with E-state index in [0.29, 0.717) is 6.04 Å². The summed E-state index contributed by atoms with van der Waals surface area (Å²) in [7, 11) is 0. The van der Waals surface area contributed by atoms with Crippen LogP contribution in [0.4, 0.5) is 0 Å². The minimum absolute atomic E-state index is 0.109. The third-order valence-electron chi connectivity index (χ3n) is 3.05. The fourth-order valence-electron chi connectivity index (χ4n) is 2.40. The van der Waals surface area contributed by atoms with Crippen molar-refractivity contribution in [3.8, 4) is 0 Å². The third kappa shape index (κ3) is 2.44. The molecular weight excluding hydrogens is 218 g/mol. The van der Waals surface area contributed by atoms with E-state index in [2.05, 4.69) is 41.8 Å². The molecule has 0 radical (unpaired) electrons. The highest BCUT2D eigenvalue weighted by Crippen LogP contribution is 2.33. The zero-order valence-corrected chi connectivity index (χ0v) is 11.2. The van der Waals surface area contributed by atoms with Crippen molar-refractivity contribution in [2.24, 2.45) is 0 Å². The summed E-state index contributed by atoms with van der Waals surface area (Å²) in [6, 6.07) is 0.502. The molecule has 0 unspecified atom stereocenters. The number of piperidine rings is 1. The molecule has 0 aliphatic carbocycles. The standard InChI is InChI=1S/C12H21N3S/c1-9(2)15-12(4-6-13-7-5-12)11-14-10(3)8-16-11/h8-9,13,15H,4-7H2,1-3H3. The van der Waals surface area contributed by atoms with E-state index >= 15 is 0 Å². The van der Waals surface area contributed by atoms with Gasteiger partial charge in [0.15, 0.2) is 0 Å². The van der Waals surface area contributed by atoms with Gasteiger partial charge in [0.05, 0.1) is 5.54 Å². The van der Waals surface area contributed by atoms with Crippen LogP contribution in [-0.4, -0.2) is 24.1 Å². The second-order valence-electron chi connectivity index (χ2n) is 4.93. The van der Waals surface area contributed by atoms with Gasteiger partial charge in [-0.2, -0.15) is 0 Å². The average Bonchev–Trinajstić information content (AvgIpc) is 2.66. The topological polar surface area (TPSA) is 37.0 Å². The van der Waals surface area contributed by atoms with Crippen LogP contribution in [0.2, 0.25) is 0 Å². The number of aryl methyl sites for hydroxylation is 1. The lowest BCUT2D eigenvalue weighted by Crippen LogP contribution is -2.52. The van der Waals surface area contributed by atoms with Gasteiger partial charge in [0.2, 0.25) is 0 Å². The molecule has 3 nitrogen and oxygen atoms in total. The van der Waals surface area contributed by atoms with Gasteiger partial charge in [-0.25, -0.2) is 4.98 Å². The first kappa shape index (κ1) is 12.0. The number of nitrogens with zero attached hydrogens (tertiary/aromatic N) is 1. The summed E-state index contributed by atoms with van der Waals surface area (Å²) in [6.07, 6.45) is 2.27. The maximum Gasteiger partial charge on any atom is 0.113 e. The van der Waals surface area contributed by atoms with E-state index in [0.717, 1.165) is 31.6 Å². The number of hydrogen-bond acceptors (Lipinski definition) is 4. The van der Waals surface area contributed by atoms with E-state index in [-0.39, 0.29) is 5.54 Å². The molecule has 1 aromatic heterocycles. The highest BCUT2D eigenvalue weighted by Gasteiger charge is 2.36. The molecule has 0 aromatic carbocycles. The van der Waals surface area contributed by atoms with Gasteiger partial charge in [-0.3, -0.25) is 0 Å². The van der Waals surface area contributed by atoms with Crippen molar-refractivity contribution in [1.29, 1.82) is 0 Å². The van der Waals surface area contributed by atoms with Crippen LogP contribution in [-0.2, 0) is 5.54 Å². The number of rotatable bonds is 3. The smallest absolute Gasteiger partial charge is 0.113 e. The molecule has 0 saturated carbocycles. The van der Waals surface area contributed by atoms with Crippen molar-refractivity contribution < 1.29 is 0 Å². The van der Waals surface area contributed by atoms with Crippen LogP contribution in [0.15, 0.2) is 5.38 Å². The van der Waals surface area contributed by atoms with Gasteiger partial charge in [0.1, 0.15) is 5.01 Å². The van der Waals surface area contributed by atoms with Crippen molar-refractivity contribution in [3.05, 3.63) is 16.1 Å². The fraction of sp³-hybridized carbons (Fsp3) is 0.750. The van der Waals surface area contributed by atoms with Crippen molar-refractivity contribution in [3.63, 3.8) is 0 Å². The Morgan fingerprint density at radius 3 is 2.62 bits per heavy atom. The number of aromatic nitrogens is 1. The Hall–Kier alpha value is -0.450. The number of hydrogen-bond donors (Lipinski definition) is 2. The van der Waals surface area contributed by atoms with Crippen molar-refractivity contribution >= 4 is 11.3 Å². The van der Waals surface area contributed by atoms with Gasteiger partial charge in [0, 0.05) is 17.1 Å². The summed E-state index contributed by atoms with van der Waals surface area (Å²) >= 11 is 1.80. The number of thiazole rings is 1. The molecule has 16 heavy (non-hydrogen) atoms. The van der Waals surface area contributed by atoms with Gasteiger partial charge in [-0.15, -0.1) is 11.3 Å². The molecule has 1 aliphatic heterocycles. The summed E-state index contributed by atoms with van der Waals surface area (Å²) in [4.78, 5) is 4.69. The number of nitrogens with one attached hydrogen (secondary N) is 2. The minimum Gasteiger partial charge on any atom is -0.317 e. The first-order valence-electron chi connectivity index (χ1n) is 6.03. The quantitative estimate of drug-likeness (QED) is 0.847. The third-order valence-corrected chi connectivity index (χ3v) is 4.21. The van der Waals surface area contributed by atoms with Gasteiger partial charge < -0.3 is 10.6 Å². The molecule has 4 heteroatoms. The highest BCUT2D eigenvalue weighted by atomic mass is 32.1. The maximum absolute atomic E-state index is 4.69. The molecule has 0 atom stereocenters. The van der Waals surface area contributed by atoms with Crippen molar-refractivity contribution in [2.45, 2.75) is 45.2 Å². The van der Waals surface area contributed by atoms with Crippen LogP contribution < -0.4 is 10.6 Å². The predicted octanol–water partition coefficient (Wildman–Crippen LogP) is 2.03. The summed E-state index contributed by atoms with van der Waals surface area (Å²) < 4.78 is 0. The Labute approximate surface area is 102 Å². The van der Waals surface area contributed by atoms with Crippen LogP contribution in [0.25, 0.3) is 0 Å². The molecule has 2 heterocycles. The van der Waals surface area contributed by atoms with Gasteiger partial charge >= 0.3 is 0 Å². The summed E-state index contributed by atoms with van der Waals surface area (Å²) in [5.41, 5.74) is 1.25. The van der Waals surface area contributed by atoms with Crippen LogP contribution >= 0.6 is 11.3 Å². The van der Waals surface area contributed by atoms with Gasteiger partial charge in [-0.1, -0.05) is 0 Å². The summed E-state index contributed by atoms with van der Waals surface area (Å²) in [5.74, 6) is 0. The highest BCUT2D eigenvalue weighted by molar-refractivity contribution is 7.09. The zero-order valence-electron chi connectivity index (χ0n) is 10.3. The van der Waals surface area contributed by atoms with Crippen LogP contribution in [0.3, 0.4) is 0 Å². The monoisotopic (exact) mass is 239 g/mol. The van der Waals surface area contributed by atoms with Gasteiger partial charge in [0.25, 0.3) is 0 Å². The van der Waals surface area contributed by atoms with E-state index in [4.69, 9.17) is 0 Å². The van der Waals surface area contributed by atoms with Crippen molar-refractivity contribution in [2.75, 3.05) is 13.1 Å². The maximum atomic E-state index is 4.69. The largest absolute Gasteiger partial charge is 0.317 e. The normalized spacial score (nSPS) is 20.2. The summed E-state index contributed by atoms with van der Waals surface area (Å²) in [5, 5.41) is 10.6. The molecule has 0 bridgehead atoms. The summed E-state index contributed by atoms with van der Waals surface area (Å²) in [6.45, 7) is 8.66. The van der Waals surface area contributed by atoms with Crippen LogP contribution in [0, 0.1) is 6.92 Å². The Bertz CT molecular complexity index is 340. The van der Waals surface area contributed by atoms with E-state index in [1.807, 2.05) is 0 Å². The molecule has 1 aliphatic rings. The Morgan fingerprint density at radius 1 is 1.44 bits per heavy atom. The lowest BCUT2D eigenvalue weighted by molar-refractivity contribution is 0.227. The Kier molecular flexibility index (Phi) is 3.62. The molecule has 2 N–H and O–H groups in total. The van der Waals surface area contributed by atoms with Crippen LogP contribution in [0.5, 0.6) is 0 Å².